The molecule has 1 unspecified atom stereocenters. The second-order valence-electron chi connectivity index (χ2n) is 8.99. The van der Waals surface area contributed by atoms with E-state index in [0.29, 0.717) is 39.0 Å². The largest absolute Gasteiger partial charge is 0.493 e. The molecule has 2 atom stereocenters. The Kier molecular flexibility index (Phi) is 8.28. The summed E-state index contributed by atoms with van der Waals surface area (Å²) >= 11 is 0. The number of aliphatic hydroxyl groups is 1. The molecule has 10 heteroatoms. The number of nitro groups is 1. The summed E-state index contributed by atoms with van der Waals surface area (Å²) in [5, 5.41) is 32.4. The van der Waals surface area contributed by atoms with Crippen molar-refractivity contribution in [3.63, 3.8) is 0 Å². The Balaban J connectivity index is 1.78. The van der Waals surface area contributed by atoms with Crippen LogP contribution in [0, 0.1) is 27.3 Å². The van der Waals surface area contributed by atoms with Crippen molar-refractivity contribution in [3.05, 3.63) is 63.5 Å². The number of hydrogen-bond acceptors (Lipinski definition) is 8. The Morgan fingerprint density at radius 2 is 2.03 bits per heavy atom. The molecule has 0 amide bonds. The Bertz CT molecular complexity index is 1250. The van der Waals surface area contributed by atoms with Crippen molar-refractivity contribution < 1.29 is 28.7 Å². The number of likely N-dealkylation sites (tertiary alicyclic amines) is 1. The molecule has 2 saturated heterocycles. The third kappa shape index (κ3) is 5.54. The van der Waals surface area contributed by atoms with Gasteiger partial charge in [0.05, 0.1) is 34.8 Å². The van der Waals surface area contributed by atoms with Crippen LogP contribution >= 0.6 is 0 Å². The number of nitro benzene ring substituents is 1. The van der Waals surface area contributed by atoms with Crippen molar-refractivity contribution in [3.8, 4) is 22.9 Å². The topological polar surface area (TPSA) is 126 Å². The van der Waals surface area contributed by atoms with Crippen LogP contribution in [0.4, 0.5) is 10.1 Å². The average molecular weight is 510 g/mol. The predicted molar refractivity (Wildman–Crippen MR) is 133 cm³/mol. The first-order valence-electron chi connectivity index (χ1n) is 12.2. The van der Waals surface area contributed by atoms with E-state index in [0.717, 1.165) is 6.08 Å². The summed E-state index contributed by atoms with van der Waals surface area (Å²) in [6.07, 6.45) is 1.98. The van der Waals surface area contributed by atoms with Crippen molar-refractivity contribution in [2.45, 2.75) is 44.4 Å². The van der Waals surface area contributed by atoms with Crippen molar-refractivity contribution in [1.29, 1.82) is 5.26 Å². The van der Waals surface area contributed by atoms with Gasteiger partial charge in [0, 0.05) is 36.9 Å². The van der Waals surface area contributed by atoms with E-state index in [1.54, 1.807) is 13.0 Å². The number of aliphatic hydroxyl groups excluding tert-OH is 1. The van der Waals surface area contributed by atoms with Gasteiger partial charge in [-0.1, -0.05) is 18.2 Å². The number of nitriles is 1. The first-order valence-corrected chi connectivity index (χ1v) is 12.2. The number of hydrogen-bond donors (Lipinski definition) is 1. The van der Waals surface area contributed by atoms with Crippen LogP contribution in [-0.4, -0.2) is 65.3 Å². The predicted octanol–water partition coefficient (Wildman–Crippen LogP) is 3.89. The highest BCUT2D eigenvalue weighted by atomic mass is 19.1. The van der Waals surface area contributed by atoms with Gasteiger partial charge in [-0.2, -0.15) is 5.26 Å². The number of rotatable bonds is 8. The number of nitrogens with zero attached hydrogens (tertiary/aromatic N) is 3. The highest BCUT2D eigenvalue weighted by molar-refractivity contribution is 6.07. The second-order valence-corrected chi connectivity index (χ2v) is 8.99. The monoisotopic (exact) mass is 509 g/mol. The van der Waals surface area contributed by atoms with Gasteiger partial charge in [0.25, 0.3) is 5.69 Å². The van der Waals surface area contributed by atoms with Crippen molar-refractivity contribution in [1.82, 2.24) is 4.90 Å². The molecule has 0 aromatic heterocycles. The van der Waals surface area contributed by atoms with Crippen molar-refractivity contribution in [2.24, 2.45) is 0 Å². The zero-order valence-corrected chi connectivity index (χ0v) is 20.4. The molecule has 2 heterocycles. The van der Waals surface area contributed by atoms with E-state index in [9.17, 15) is 29.7 Å². The molecule has 2 aromatic carbocycles. The molecule has 194 valence electrons. The smallest absolute Gasteiger partial charge is 0.280 e. The van der Waals surface area contributed by atoms with Crippen LogP contribution in [0.1, 0.15) is 31.7 Å². The molecular formula is C27H28FN3O6. The van der Waals surface area contributed by atoms with Crippen LogP contribution in [0.25, 0.3) is 17.2 Å². The second kappa shape index (κ2) is 11.6. The molecule has 0 radical (unpaired) electrons. The van der Waals surface area contributed by atoms with Gasteiger partial charge in [0.15, 0.2) is 5.78 Å². The Labute approximate surface area is 213 Å². The van der Waals surface area contributed by atoms with Crippen LogP contribution < -0.4 is 4.74 Å². The van der Waals surface area contributed by atoms with Crippen molar-refractivity contribution >= 4 is 17.5 Å². The van der Waals surface area contributed by atoms with Gasteiger partial charge < -0.3 is 14.6 Å². The summed E-state index contributed by atoms with van der Waals surface area (Å²) in [6.45, 7) is 3.50. The van der Waals surface area contributed by atoms with E-state index in [2.05, 4.69) is 0 Å². The van der Waals surface area contributed by atoms with E-state index in [1.165, 1.54) is 30.3 Å². The van der Waals surface area contributed by atoms with E-state index in [1.807, 2.05) is 11.0 Å². The molecule has 0 saturated carbocycles. The number of ketones is 1. The maximum atomic E-state index is 14.7. The SMILES string of the molecule is CCOc1cc([N+](=O)[O-])c(C=C(C#N)C(=O)[C@@H]2C(O)CCN2C2CCOCC2)cc1-c1ccccc1F. The molecule has 37 heavy (non-hydrogen) atoms. The summed E-state index contributed by atoms with van der Waals surface area (Å²) in [4.78, 5) is 26.7. The van der Waals surface area contributed by atoms with Crippen LogP contribution in [0.5, 0.6) is 5.75 Å². The minimum Gasteiger partial charge on any atom is -0.493 e. The number of carbonyl (C=O) groups is 1. The van der Waals surface area contributed by atoms with Gasteiger partial charge in [0.1, 0.15) is 23.7 Å². The van der Waals surface area contributed by atoms with Crippen molar-refractivity contribution in [2.75, 3.05) is 26.4 Å². The summed E-state index contributed by atoms with van der Waals surface area (Å²) in [5.74, 6) is -1.04. The molecule has 1 N–H and O–H groups in total. The fourth-order valence-corrected chi connectivity index (χ4v) is 5.05. The summed E-state index contributed by atoms with van der Waals surface area (Å²) < 4.78 is 25.6. The lowest BCUT2D eigenvalue weighted by atomic mass is 9.95. The van der Waals surface area contributed by atoms with Gasteiger partial charge in [0.2, 0.25) is 0 Å². The lowest BCUT2D eigenvalue weighted by molar-refractivity contribution is -0.385. The number of halogens is 1. The summed E-state index contributed by atoms with van der Waals surface area (Å²) in [5.41, 5.74) is -0.336. The van der Waals surface area contributed by atoms with Gasteiger partial charge in [-0.15, -0.1) is 0 Å². The minimum absolute atomic E-state index is 0.0345. The van der Waals surface area contributed by atoms with Gasteiger partial charge in [-0.3, -0.25) is 19.8 Å². The third-order valence-electron chi connectivity index (χ3n) is 6.81. The molecule has 0 bridgehead atoms. The molecule has 2 aromatic rings. The number of ether oxygens (including phenoxy) is 2. The zero-order chi connectivity index (χ0) is 26.5. The molecule has 2 aliphatic rings. The minimum atomic E-state index is -0.962. The fraction of sp³-hybridized carbons (Fsp3) is 0.407. The molecule has 0 spiro atoms. The van der Waals surface area contributed by atoms with Gasteiger partial charge in [-0.25, -0.2) is 4.39 Å². The number of carbonyl (C=O) groups excluding carboxylic acids is 1. The zero-order valence-electron chi connectivity index (χ0n) is 20.4. The Morgan fingerprint density at radius 3 is 2.68 bits per heavy atom. The highest BCUT2D eigenvalue weighted by Crippen LogP contribution is 2.38. The lowest BCUT2D eigenvalue weighted by Crippen LogP contribution is -2.49. The van der Waals surface area contributed by atoms with Crippen LogP contribution in [-0.2, 0) is 9.53 Å². The van der Waals surface area contributed by atoms with E-state index in [4.69, 9.17) is 9.47 Å². The number of benzene rings is 2. The first kappa shape index (κ1) is 26.4. The van der Waals surface area contributed by atoms with Crippen LogP contribution in [0.15, 0.2) is 42.0 Å². The summed E-state index contributed by atoms with van der Waals surface area (Å²) in [6, 6.07) is 9.43. The molecule has 9 nitrogen and oxygen atoms in total. The van der Waals surface area contributed by atoms with Gasteiger partial charge >= 0.3 is 0 Å². The molecular weight excluding hydrogens is 481 g/mol. The first-order chi connectivity index (χ1) is 17.8. The molecule has 2 fully saturated rings. The maximum absolute atomic E-state index is 14.7. The Morgan fingerprint density at radius 1 is 1.30 bits per heavy atom. The molecule has 0 aliphatic carbocycles. The standard InChI is InChI=1S/C27H28FN3O6/c1-2-37-25-15-23(31(34)35)17(14-21(25)20-5-3-4-6-22(20)28)13-18(16-29)27(33)26-24(32)7-10-30(26)19-8-11-36-12-9-19/h3-6,13-15,19,24,26,32H,2,7-12H2,1H3/t24?,26-/m0/s1. The normalized spacial score (nSPS) is 21.0. The average Bonchev–Trinajstić information content (AvgIpc) is 3.29. The van der Waals surface area contributed by atoms with Crippen LogP contribution in [0.2, 0.25) is 0 Å². The highest BCUT2D eigenvalue weighted by Gasteiger charge is 2.43. The molecule has 2 aliphatic heterocycles. The summed E-state index contributed by atoms with van der Waals surface area (Å²) in [7, 11) is 0. The third-order valence-corrected chi connectivity index (χ3v) is 6.81. The van der Waals surface area contributed by atoms with Gasteiger partial charge in [-0.05, 0) is 44.4 Å². The maximum Gasteiger partial charge on any atom is 0.280 e. The van der Waals surface area contributed by atoms with E-state index in [-0.39, 0.29) is 40.7 Å². The lowest BCUT2D eigenvalue weighted by Gasteiger charge is -2.35. The molecule has 4 rings (SSSR count). The Hall–Kier alpha value is -3.65. The number of Topliss-reactive ketones (excluding diaryl/α,β-unsaturated/α-hetero) is 1. The quantitative estimate of drug-likeness (QED) is 0.246. The fourth-order valence-electron chi connectivity index (χ4n) is 5.05. The van der Waals surface area contributed by atoms with Crippen LogP contribution in [0.3, 0.4) is 0 Å². The van der Waals surface area contributed by atoms with E-state index >= 15 is 0 Å². The van der Waals surface area contributed by atoms with E-state index < -0.39 is 34.4 Å².